The van der Waals surface area contributed by atoms with Crippen molar-refractivity contribution in [3.05, 3.63) is 71.8 Å². The molecule has 0 saturated carbocycles. The molecule has 2 aromatic carbocycles. The van der Waals surface area contributed by atoms with Crippen molar-refractivity contribution in [2.24, 2.45) is 0 Å². The van der Waals surface area contributed by atoms with Crippen LogP contribution in [0.4, 0.5) is 4.79 Å². The molecule has 100 valence electrons. The third-order valence-electron chi connectivity index (χ3n) is 3.21. The summed E-state index contributed by atoms with van der Waals surface area (Å²) in [5.41, 5.74) is 2.67. The minimum absolute atomic E-state index is 0.209. The predicted octanol–water partition coefficient (Wildman–Crippen LogP) is 2.79. The van der Waals surface area contributed by atoms with Gasteiger partial charge >= 0.3 is 6.03 Å². The quantitative estimate of drug-likeness (QED) is 0.782. The van der Waals surface area contributed by atoms with Gasteiger partial charge in [-0.3, -0.25) is 0 Å². The number of benzene rings is 2. The molecule has 0 radical (unpaired) electrons. The van der Waals surface area contributed by atoms with E-state index in [0.717, 1.165) is 16.8 Å². The van der Waals surface area contributed by atoms with Crippen molar-refractivity contribution in [2.45, 2.75) is 6.04 Å². The van der Waals surface area contributed by atoms with Gasteiger partial charge in [0.1, 0.15) is 5.75 Å². The van der Waals surface area contributed by atoms with Crippen molar-refractivity contribution in [2.75, 3.05) is 0 Å². The molecule has 1 heterocycles. The van der Waals surface area contributed by atoms with Gasteiger partial charge in [-0.05, 0) is 29.3 Å². The Kier molecular flexibility index (Phi) is 3.13. The van der Waals surface area contributed by atoms with Gasteiger partial charge < -0.3 is 15.7 Å². The molecule has 20 heavy (non-hydrogen) atoms. The molecule has 0 fully saturated rings. The van der Waals surface area contributed by atoms with Crippen molar-refractivity contribution in [3.63, 3.8) is 0 Å². The van der Waals surface area contributed by atoms with E-state index in [1.165, 1.54) is 0 Å². The maximum atomic E-state index is 11.8. The molecule has 0 bridgehead atoms. The second kappa shape index (κ2) is 5.09. The first kappa shape index (κ1) is 12.3. The lowest BCUT2D eigenvalue weighted by molar-refractivity contribution is 0.241. The van der Waals surface area contributed by atoms with Crippen LogP contribution in [0.5, 0.6) is 5.75 Å². The van der Waals surface area contributed by atoms with Crippen LogP contribution in [-0.4, -0.2) is 11.1 Å². The smallest absolute Gasteiger partial charge is 0.319 e. The van der Waals surface area contributed by atoms with Gasteiger partial charge in [-0.2, -0.15) is 0 Å². The molecule has 1 atom stereocenters. The Balaban J connectivity index is 1.95. The Hall–Kier alpha value is -2.75. The number of nitrogens with one attached hydrogen (secondary N) is 2. The number of amides is 2. The zero-order valence-electron chi connectivity index (χ0n) is 10.7. The number of carbonyl (C=O) groups excluding carboxylic acids is 1. The van der Waals surface area contributed by atoms with E-state index in [1.807, 2.05) is 36.4 Å². The number of phenolic OH excluding ortho intramolecular Hbond substituents is 1. The van der Waals surface area contributed by atoms with Crippen molar-refractivity contribution < 1.29 is 9.90 Å². The lowest BCUT2D eigenvalue weighted by atomic mass is 10.0. The SMILES string of the molecule is O=C1NC(c2ccccc2)=CC(c2ccc(O)cc2)N1. The molecule has 1 aliphatic heterocycles. The highest BCUT2D eigenvalue weighted by Crippen LogP contribution is 2.24. The maximum Gasteiger partial charge on any atom is 0.319 e. The molecule has 0 aromatic heterocycles. The highest BCUT2D eigenvalue weighted by Gasteiger charge is 2.20. The van der Waals surface area contributed by atoms with Crippen LogP contribution in [0.25, 0.3) is 5.70 Å². The summed E-state index contributed by atoms with van der Waals surface area (Å²) < 4.78 is 0. The zero-order chi connectivity index (χ0) is 13.9. The molecule has 0 spiro atoms. The second-order valence-electron chi connectivity index (χ2n) is 4.61. The summed E-state index contributed by atoms with van der Waals surface area (Å²) in [6.07, 6.45) is 1.96. The van der Waals surface area contributed by atoms with E-state index < -0.39 is 0 Å². The van der Waals surface area contributed by atoms with Crippen LogP contribution in [0, 0.1) is 0 Å². The third kappa shape index (κ3) is 2.49. The average Bonchev–Trinajstić information content (AvgIpc) is 2.48. The molecule has 2 amide bonds. The number of hydrogen-bond acceptors (Lipinski definition) is 2. The van der Waals surface area contributed by atoms with E-state index in [0.29, 0.717) is 0 Å². The van der Waals surface area contributed by atoms with E-state index in [1.54, 1.807) is 24.3 Å². The topological polar surface area (TPSA) is 61.4 Å². The monoisotopic (exact) mass is 266 g/mol. The second-order valence-corrected chi connectivity index (χ2v) is 4.61. The van der Waals surface area contributed by atoms with Crippen molar-refractivity contribution >= 4 is 11.7 Å². The van der Waals surface area contributed by atoms with Crippen molar-refractivity contribution in [1.82, 2.24) is 10.6 Å². The summed E-state index contributed by atoms with van der Waals surface area (Å²) in [4.78, 5) is 11.8. The van der Waals surface area contributed by atoms with Crippen LogP contribution in [0.1, 0.15) is 17.2 Å². The standard InChI is InChI=1S/C16H14N2O2/c19-13-8-6-12(7-9-13)15-10-14(17-16(20)18-15)11-4-2-1-3-5-11/h1-10,15,19H,(H2,17,18,20). The summed E-state index contributed by atoms with van der Waals surface area (Å²) in [5, 5.41) is 15.0. The van der Waals surface area contributed by atoms with Gasteiger partial charge in [0.25, 0.3) is 0 Å². The highest BCUT2D eigenvalue weighted by molar-refractivity contribution is 5.88. The highest BCUT2D eigenvalue weighted by atomic mass is 16.3. The van der Waals surface area contributed by atoms with Crippen LogP contribution < -0.4 is 10.6 Å². The van der Waals surface area contributed by atoms with Crippen LogP contribution in [-0.2, 0) is 0 Å². The number of rotatable bonds is 2. The Morgan fingerprint density at radius 3 is 2.35 bits per heavy atom. The van der Waals surface area contributed by atoms with Gasteiger partial charge in [0, 0.05) is 5.70 Å². The van der Waals surface area contributed by atoms with E-state index in [9.17, 15) is 9.90 Å². The molecule has 4 heteroatoms. The minimum atomic E-state index is -0.232. The van der Waals surface area contributed by atoms with Crippen LogP contribution in [0.2, 0.25) is 0 Å². The number of hydrogen-bond donors (Lipinski definition) is 3. The molecule has 3 rings (SSSR count). The van der Waals surface area contributed by atoms with E-state index in [-0.39, 0.29) is 17.8 Å². The Bertz CT molecular complexity index is 648. The van der Waals surface area contributed by atoms with E-state index >= 15 is 0 Å². The first-order valence-corrected chi connectivity index (χ1v) is 6.36. The lowest BCUT2D eigenvalue weighted by Crippen LogP contribution is -2.40. The van der Waals surface area contributed by atoms with Crippen LogP contribution >= 0.6 is 0 Å². The average molecular weight is 266 g/mol. The first-order valence-electron chi connectivity index (χ1n) is 6.36. The van der Waals surface area contributed by atoms with Crippen molar-refractivity contribution in [3.8, 4) is 5.75 Å². The van der Waals surface area contributed by atoms with Crippen LogP contribution in [0.15, 0.2) is 60.7 Å². The van der Waals surface area contributed by atoms with Gasteiger partial charge in [-0.1, -0.05) is 42.5 Å². The molecular formula is C16H14N2O2. The van der Waals surface area contributed by atoms with E-state index in [2.05, 4.69) is 10.6 Å². The van der Waals surface area contributed by atoms with E-state index in [4.69, 9.17) is 0 Å². The largest absolute Gasteiger partial charge is 0.508 e. The molecule has 1 aliphatic rings. The number of carbonyl (C=O) groups is 1. The molecule has 0 saturated heterocycles. The molecule has 4 nitrogen and oxygen atoms in total. The predicted molar refractivity (Wildman–Crippen MR) is 76.9 cm³/mol. The zero-order valence-corrected chi connectivity index (χ0v) is 10.7. The lowest BCUT2D eigenvalue weighted by Gasteiger charge is -2.24. The fourth-order valence-electron chi connectivity index (χ4n) is 2.20. The summed E-state index contributed by atoms with van der Waals surface area (Å²) in [6, 6.07) is 16.1. The fraction of sp³-hybridized carbons (Fsp3) is 0.0625. The molecule has 2 aromatic rings. The normalized spacial score (nSPS) is 17.9. The summed E-state index contributed by atoms with van der Waals surface area (Å²) in [5.74, 6) is 0.210. The van der Waals surface area contributed by atoms with Gasteiger partial charge in [0.15, 0.2) is 0 Å². The minimum Gasteiger partial charge on any atom is -0.508 e. The summed E-state index contributed by atoms with van der Waals surface area (Å²) in [6.45, 7) is 0. The molecular weight excluding hydrogens is 252 g/mol. The number of urea groups is 1. The molecule has 3 N–H and O–H groups in total. The maximum absolute atomic E-state index is 11.8. The molecule has 1 unspecified atom stereocenters. The van der Waals surface area contributed by atoms with Gasteiger partial charge in [-0.15, -0.1) is 0 Å². The fourth-order valence-corrected chi connectivity index (χ4v) is 2.20. The number of aromatic hydroxyl groups is 1. The van der Waals surface area contributed by atoms with Crippen LogP contribution in [0.3, 0.4) is 0 Å². The Morgan fingerprint density at radius 2 is 1.65 bits per heavy atom. The number of phenols is 1. The summed E-state index contributed by atoms with van der Waals surface area (Å²) in [7, 11) is 0. The Morgan fingerprint density at radius 1 is 0.950 bits per heavy atom. The van der Waals surface area contributed by atoms with Gasteiger partial charge in [0.05, 0.1) is 6.04 Å². The van der Waals surface area contributed by atoms with Gasteiger partial charge in [-0.25, -0.2) is 4.79 Å². The first-order chi connectivity index (χ1) is 9.72. The summed E-state index contributed by atoms with van der Waals surface area (Å²) >= 11 is 0. The third-order valence-corrected chi connectivity index (χ3v) is 3.21. The van der Waals surface area contributed by atoms with Crippen molar-refractivity contribution in [1.29, 1.82) is 0 Å². The molecule has 0 aliphatic carbocycles. The Labute approximate surface area is 116 Å². The van der Waals surface area contributed by atoms with Gasteiger partial charge in [0.2, 0.25) is 0 Å².